The van der Waals surface area contributed by atoms with Gasteiger partial charge in [-0.05, 0) is 52.2 Å². The molecule has 0 N–H and O–H groups in total. The lowest BCUT2D eigenvalue weighted by Gasteiger charge is -2.07. The number of aromatic nitrogens is 1. The number of thiophene rings is 1. The van der Waals surface area contributed by atoms with E-state index < -0.39 is 0 Å². The topological polar surface area (TPSA) is 35.1 Å². The zero-order chi connectivity index (χ0) is 15.0. The first-order valence-electron chi connectivity index (χ1n) is 6.62. The molecular weight excluding hydrogens is 374 g/mol. The van der Waals surface area contributed by atoms with E-state index in [1.54, 1.807) is 15.9 Å². The molecule has 3 rings (SSSR count). The third kappa shape index (κ3) is 2.82. The average molecular weight is 387 g/mol. The Kier molecular flexibility index (Phi) is 4.24. The van der Waals surface area contributed by atoms with Gasteiger partial charge in [-0.2, -0.15) is 0 Å². The molecule has 0 aliphatic carbocycles. The van der Waals surface area contributed by atoms with E-state index in [0.29, 0.717) is 12.1 Å². The molecule has 0 aliphatic heterocycles. The molecule has 0 bridgehead atoms. The van der Waals surface area contributed by atoms with Gasteiger partial charge >= 0.3 is 5.76 Å². The molecule has 110 valence electrons. The van der Waals surface area contributed by atoms with E-state index in [1.807, 2.05) is 37.3 Å². The molecule has 3 aromatic rings. The Bertz CT molecular complexity index is 836. The summed E-state index contributed by atoms with van der Waals surface area (Å²) in [5.41, 5.74) is 2.34. The van der Waals surface area contributed by atoms with Gasteiger partial charge in [-0.3, -0.25) is 4.57 Å². The van der Waals surface area contributed by atoms with Crippen LogP contribution in [0.3, 0.4) is 0 Å². The van der Waals surface area contributed by atoms with Gasteiger partial charge in [0.25, 0.3) is 0 Å². The highest BCUT2D eigenvalue weighted by molar-refractivity contribution is 9.11. The van der Waals surface area contributed by atoms with E-state index in [1.165, 1.54) is 0 Å². The Hall–Kier alpha value is -1.04. The van der Waals surface area contributed by atoms with Crippen molar-refractivity contribution in [2.45, 2.75) is 25.3 Å². The molecule has 0 fully saturated rings. The fourth-order valence-electron chi connectivity index (χ4n) is 2.30. The number of oxazole rings is 1. The lowest BCUT2D eigenvalue weighted by molar-refractivity contribution is 0.502. The van der Waals surface area contributed by atoms with Crippen molar-refractivity contribution >= 4 is 50.0 Å². The summed E-state index contributed by atoms with van der Waals surface area (Å²) in [5, 5.41) is -0.245. The van der Waals surface area contributed by atoms with E-state index in [2.05, 4.69) is 15.9 Å². The molecule has 0 saturated heterocycles. The van der Waals surface area contributed by atoms with Gasteiger partial charge < -0.3 is 4.42 Å². The molecule has 0 saturated carbocycles. The molecule has 2 aromatic heterocycles. The zero-order valence-electron chi connectivity index (χ0n) is 11.3. The van der Waals surface area contributed by atoms with Gasteiger partial charge in [-0.25, -0.2) is 4.79 Å². The minimum atomic E-state index is -0.311. The lowest BCUT2D eigenvalue weighted by atomic mass is 10.1. The third-order valence-corrected chi connectivity index (χ3v) is 5.58. The first kappa shape index (κ1) is 14.9. The Morgan fingerprint density at radius 2 is 2.19 bits per heavy atom. The molecule has 1 aromatic carbocycles. The molecule has 0 spiro atoms. The summed E-state index contributed by atoms with van der Waals surface area (Å²) < 4.78 is 8.03. The fourth-order valence-corrected chi connectivity index (χ4v) is 4.08. The summed E-state index contributed by atoms with van der Waals surface area (Å²) in [4.78, 5) is 12.9. The largest absolute Gasteiger partial charge is 0.419 e. The maximum atomic E-state index is 11.8. The summed E-state index contributed by atoms with van der Waals surface area (Å²) in [6, 6.07) is 9.69. The number of alkyl halides is 1. The highest BCUT2D eigenvalue weighted by Crippen LogP contribution is 2.36. The van der Waals surface area contributed by atoms with Crippen molar-refractivity contribution in [1.29, 1.82) is 0 Å². The van der Waals surface area contributed by atoms with Crippen LogP contribution in [-0.4, -0.2) is 4.57 Å². The number of rotatable bonds is 4. The van der Waals surface area contributed by atoms with Gasteiger partial charge in [0.2, 0.25) is 0 Å². The molecule has 0 amide bonds. The maximum Gasteiger partial charge on any atom is 0.419 e. The first-order valence-corrected chi connectivity index (χ1v) is 8.67. The van der Waals surface area contributed by atoms with Gasteiger partial charge in [0.15, 0.2) is 5.58 Å². The van der Waals surface area contributed by atoms with Crippen LogP contribution >= 0.6 is 38.9 Å². The summed E-state index contributed by atoms with van der Waals surface area (Å²) in [5.74, 6) is -0.311. The van der Waals surface area contributed by atoms with Crippen LogP contribution in [0.2, 0.25) is 0 Å². The second kappa shape index (κ2) is 5.99. The van der Waals surface area contributed by atoms with Gasteiger partial charge in [-0.15, -0.1) is 22.9 Å². The van der Waals surface area contributed by atoms with Crippen LogP contribution in [0.5, 0.6) is 0 Å². The minimum absolute atomic E-state index is 0.245. The van der Waals surface area contributed by atoms with Crippen molar-refractivity contribution in [1.82, 2.24) is 4.57 Å². The van der Waals surface area contributed by atoms with E-state index in [0.717, 1.165) is 26.2 Å². The molecular formula is C15H13BrClNO2S. The SMILES string of the molecule is CCCn1c(=O)oc2cc(C(Cl)c3ccc(Br)s3)ccc21. The van der Waals surface area contributed by atoms with Crippen molar-refractivity contribution in [3.8, 4) is 0 Å². The highest BCUT2D eigenvalue weighted by atomic mass is 79.9. The molecule has 0 aliphatic rings. The smallest absolute Gasteiger partial charge is 0.408 e. The Labute approximate surface area is 139 Å². The number of halogens is 2. The molecule has 1 unspecified atom stereocenters. The van der Waals surface area contributed by atoms with E-state index in [-0.39, 0.29) is 11.1 Å². The molecule has 6 heteroatoms. The average Bonchev–Trinajstić information content (AvgIpc) is 3.02. The number of aryl methyl sites for hydroxylation is 1. The fraction of sp³-hybridized carbons (Fsp3) is 0.267. The standard InChI is InChI=1S/C15H13BrClNO2S/c1-2-7-18-10-4-3-9(8-11(10)20-15(18)19)14(17)12-5-6-13(16)21-12/h3-6,8,14H,2,7H2,1H3. The minimum Gasteiger partial charge on any atom is -0.408 e. The summed E-state index contributed by atoms with van der Waals surface area (Å²) in [7, 11) is 0. The monoisotopic (exact) mass is 385 g/mol. The highest BCUT2D eigenvalue weighted by Gasteiger charge is 2.16. The molecule has 1 atom stereocenters. The number of hydrogen-bond donors (Lipinski definition) is 0. The summed E-state index contributed by atoms with van der Waals surface area (Å²) >= 11 is 11.6. The van der Waals surface area contributed by atoms with Crippen LogP contribution in [0.25, 0.3) is 11.1 Å². The van der Waals surface area contributed by atoms with Crippen LogP contribution in [0.15, 0.2) is 43.3 Å². The quantitative estimate of drug-likeness (QED) is 0.581. The van der Waals surface area contributed by atoms with Crippen LogP contribution in [0.1, 0.15) is 29.2 Å². The first-order chi connectivity index (χ1) is 10.1. The number of fused-ring (bicyclic) bond motifs is 1. The number of benzene rings is 1. The zero-order valence-corrected chi connectivity index (χ0v) is 14.5. The second-order valence-electron chi connectivity index (χ2n) is 4.75. The maximum absolute atomic E-state index is 11.8. The normalized spacial score (nSPS) is 12.9. The van der Waals surface area contributed by atoms with Crippen LogP contribution in [0, 0.1) is 0 Å². The predicted molar refractivity (Wildman–Crippen MR) is 90.5 cm³/mol. The van der Waals surface area contributed by atoms with Crippen molar-refractivity contribution < 1.29 is 4.42 Å². The van der Waals surface area contributed by atoms with Gasteiger partial charge in [0.1, 0.15) is 0 Å². The van der Waals surface area contributed by atoms with Crippen molar-refractivity contribution in [2.75, 3.05) is 0 Å². The summed E-state index contributed by atoms with van der Waals surface area (Å²) in [6.45, 7) is 2.69. The Morgan fingerprint density at radius 1 is 1.38 bits per heavy atom. The van der Waals surface area contributed by atoms with Gasteiger partial charge in [0.05, 0.1) is 14.7 Å². The Balaban J connectivity index is 2.03. The van der Waals surface area contributed by atoms with E-state index >= 15 is 0 Å². The summed E-state index contributed by atoms with van der Waals surface area (Å²) in [6.07, 6.45) is 0.887. The van der Waals surface area contributed by atoms with Crippen LogP contribution in [-0.2, 0) is 6.54 Å². The van der Waals surface area contributed by atoms with Crippen molar-refractivity contribution in [3.63, 3.8) is 0 Å². The predicted octanol–water partition coefficient (Wildman–Crippen LogP) is 5.16. The van der Waals surface area contributed by atoms with Crippen molar-refractivity contribution in [3.05, 3.63) is 55.1 Å². The Morgan fingerprint density at radius 3 is 2.86 bits per heavy atom. The second-order valence-corrected chi connectivity index (χ2v) is 7.68. The van der Waals surface area contributed by atoms with E-state index in [9.17, 15) is 4.79 Å². The van der Waals surface area contributed by atoms with Crippen LogP contribution < -0.4 is 5.76 Å². The molecule has 0 radical (unpaired) electrons. The number of nitrogens with zero attached hydrogens (tertiary/aromatic N) is 1. The molecule has 21 heavy (non-hydrogen) atoms. The molecule has 3 nitrogen and oxygen atoms in total. The van der Waals surface area contributed by atoms with Crippen molar-refractivity contribution in [2.24, 2.45) is 0 Å². The van der Waals surface area contributed by atoms with Crippen LogP contribution in [0.4, 0.5) is 0 Å². The number of hydrogen-bond acceptors (Lipinski definition) is 3. The lowest BCUT2D eigenvalue weighted by Crippen LogP contribution is -2.13. The van der Waals surface area contributed by atoms with Gasteiger partial charge in [-0.1, -0.05) is 13.0 Å². The molecule has 2 heterocycles. The van der Waals surface area contributed by atoms with E-state index in [4.69, 9.17) is 16.0 Å². The van der Waals surface area contributed by atoms with Gasteiger partial charge in [0, 0.05) is 11.4 Å². The third-order valence-electron chi connectivity index (χ3n) is 3.28.